The van der Waals surface area contributed by atoms with Crippen LogP contribution in [0.4, 0.5) is 5.82 Å². The van der Waals surface area contributed by atoms with Crippen LogP contribution in [0.1, 0.15) is 26.5 Å². The van der Waals surface area contributed by atoms with Gasteiger partial charge in [-0.25, -0.2) is 4.98 Å². The van der Waals surface area contributed by atoms with Crippen LogP contribution in [0.2, 0.25) is 5.02 Å². The molecule has 4 N–H and O–H groups in total. The lowest BCUT2D eigenvalue weighted by atomic mass is 10.1. The molecule has 176 valence electrons. The molecule has 5 aromatic rings. The summed E-state index contributed by atoms with van der Waals surface area (Å²) in [5.41, 5.74) is 7.63. The Morgan fingerprint density at radius 1 is 1.00 bits per heavy atom. The van der Waals surface area contributed by atoms with Crippen LogP contribution in [-0.2, 0) is 0 Å². The highest BCUT2D eigenvalue weighted by molar-refractivity contribution is 6.32. The van der Waals surface area contributed by atoms with Crippen molar-refractivity contribution in [3.63, 3.8) is 0 Å². The van der Waals surface area contributed by atoms with Gasteiger partial charge in [-0.3, -0.25) is 10.4 Å². The Labute approximate surface area is 203 Å². The highest BCUT2D eigenvalue weighted by atomic mass is 35.5. The maximum absolute atomic E-state index is 7.57. The van der Waals surface area contributed by atoms with Crippen molar-refractivity contribution in [1.29, 1.82) is 0 Å². The van der Waals surface area contributed by atoms with E-state index in [0.29, 0.717) is 10.8 Å². The molecule has 5 rings (SSSR count). The molecule has 7 nitrogen and oxygen atoms in total. The molecule has 0 fully saturated rings. The molecule has 0 aliphatic carbocycles. The fourth-order valence-electron chi connectivity index (χ4n) is 3.42. The number of hydrogen-bond acceptors (Lipinski definition) is 6. The summed E-state index contributed by atoms with van der Waals surface area (Å²) in [6, 6.07) is 19.6. The first-order valence-corrected chi connectivity index (χ1v) is 11.3. The van der Waals surface area contributed by atoms with E-state index < -0.39 is 0 Å². The van der Waals surface area contributed by atoms with Crippen molar-refractivity contribution in [2.24, 2.45) is 5.10 Å². The van der Waals surface area contributed by atoms with E-state index in [0.717, 1.165) is 44.1 Å². The molecule has 0 unspecified atom stereocenters. The monoisotopic (exact) mass is 477 g/mol. The normalized spacial score (nSPS) is 11.1. The number of anilines is 1. The number of aliphatic hydroxyl groups excluding tert-OH is 2. The lowest BCUT2D eigenvalue weighted by molar-refractivity contribution is 0.318. The van der Waals surface area contributed by atoms with Gasteiger partial charge in [0.15, 0.2) is 5.82 Å². The summed E-state index contributed by atoms with van der Waals surface area (Å²) in [5.74, 6) is 0.692. The van der Waals surface area contributed by atoms with Crippen LogP contribution < -0.4 is 5.43 Å². The van der Waals surface area contributed by atoms with Crippen LogP contribution >= 0.6 is 11.6 Å². The molecule has 2 aromatic carbocycles. The van der Waals surface area contributed by atoms with E-state index in [9.17, 15) is 0 Å². The van der Waals surface area contributed by atoms with Crippen LogP contribution in [0.3, 0.4) is 0 Å². The molecule has 34 heavy (non-hydrogen) atoms. The van der Waals surface area contributed by atoms with Gasteiger partial charge < -0.3 is 15.2 Å². The molecule has 0 spiro atoms. The van der Waals surface area contributed by atoms with Crippen molar-refractivity contribution >= 4 is 55.8 Å². The minimum atomic E-state index is 0.250. The molecule has 0 saturated carbocycles. The smallest absolute Gasteiger partial charge is 0.157 e. The number of aromatic nitrogens is 3. The van der Waals surface area contributed by atoms with Gasteiger partial charge in [0.2, 0.25) is 0 Å². The first-order valence-electron chi connectivity index (χ1n) is 11.0. The first kappa shape index (κ1) is 25.1. The fourth-order valence-corrected chi connectivity index (χ4v) is 3.60. The molecule has 0 radical (unpaired) electrons. The number of pyridine rings is 2. The number of benzene rings is 2. The number of hydrazone groups is 1. The molecule has 0 bridgehead atoms. The number of rotatable bonds is 3. The number of nitrogens with zero attached hydrogens (tertiary/aromatic N) is 3. The number of fused-ring (bicyclic) bond motifs is 5. The van der Waals surface area contributed by atoms with Crippen molar-refractivity contribution < 1.29 is 10.2 Å². The van der Waals surface area contributed by atoms with Gasteiger partial charge in [0, 0.05) is 40.7 Å². The van der Waals surface area contributed by atoms with Crippen molar-refractivity contribution in [3.8, 4) is 0 Å². The van der Waals surface area contributed by atoms with E-state index in [-0.39, 0.29) is 13.2 Å². The van der Waals surface area contributed by atoms with Gasteiger partial charge in [0.1, 0.15) is 0 Å². The predicted molar refractivity (Wildman–Crippen MR) is 142 cm³/mol. The molecule has 3 aromatic heterocycles. The van der Waals surface area contributed by atoms with Gasteiger partial charge in [-0.1, -0.05) is 35.9 Å². The average Bonchev–Trinajstić information content (AvgIpc) is 3.24. The minimum Gasteiger partial charge on any atom is -0.397 e. The number of hydrogen-bond donors (Lipinski definition) is 4. The third-order valence-electron chi connectivity index (χ3n) is 4.77. The van der Waals surface area contributed by atoms with Gasteiger partial charge >= 0.3 is 0 Å². The summed E-state index contributed by atoms with van der Waals surface area (Å²) in [7, 11) is 0. The summed E-state index contributed by atoms with van der Waals surface area (Å²) < 4.78 is 0. The summed E-state index contributed by atoms with van der Waals surface area (Å²) in [4.78, 5) is 12.7. The largest absolute Gasteiger partial charge is 0.397 e. The Morgan fingerprint density at radius 2 is 1.71 bits per heavy atom. The second-order valence-electron chi connectivity index (χ2n) is 7.20. The van der Waals surface area contributed by atoms with Gasteiger partial charge in [0.25, 0.3) is 0 Å². The lowest BCUT2D eigenvalue weighted by Gasteiger charge is -2.08. The predicted octanol–water partition coefficient (Wildman–Crippen LogP) is 5.75. The molecule has 0 atom stereocenters. The quantitative estimate of drug-likeness (QED) is 0.195. The molecule has 3 heterocycles. The van der Waals surface area contributed by atoms with Crippen molar-refractivity contribution in [2.75, 3.05) is 18.6 Å². The first-order chi connectivity index (χ1) is 16.5. The Bertz CT molecular complexity index is 1400. The zero-order valence-corrected chi connectivity index (χ0v) is 20.1. The number of aromatic amines is 1. The maximum Gasteiger partial charge on any atom is 0.157 e. The van der Waals surface area contributed by atoms with E-state index in [2.05, 4.69) is 32.6 Å². The Balaban J connectivity index is 0.000000492. The summed E-state index contributed by atoms with van der Waals surface area (Å²) >= 11 is 6.24. The van der Waals surface area contributed by atoms with E-state index in [4.69, 9.17) is 26.8 Å². The molecule has 8 heteroatoms. The fraction of sp³-hybridized carbons (Fsp3) is 0.192. The number of para-hydroxylation sites is 1. The SMILES string of the molecule is C/C(=N\Nc1nc2ccc(Cl)cc2c2[nH]c3ccccc3c12)c1ccccn1.CCO.CCO. The Morgan fingerprint density at radius 3 is 2.41 bits per heavy atom. The van der Waals surface area contributed by atoms with Crippen LogP contribution in [-0.4, -0.2) is 44.1 Å². The summed E-state index contributed by atoms with van der Waals surface area (Å²) in [6.45, 7) is 5.78. The van der Waals surface area contributed by atoms with Gasteiger partial charge in [-0.15, -0.1) is 0 Å². The zero-order valence-electron chi connectivity index (χ0n) is 19.4. The van der Waals surface area contributed by atoms with Crippen LogP contribution in [0.25, 0.3) is 32.7 Å². The van der Waals surface area contributed by atoms with E-state index in [1.54, 1.807) is 20.0 Å². The topological polar surface area (TPSA) is 106 Å². The van der Waals surface area contributed by atoms with Crippen molar-refractivity contribution in [1.82, 2.24) is 15.0 Å². The van der Waals surface area contributed by atoms with E-state index in [1.165, 1.54) is 0 Å². The van der Waals surface area contributed by atoms with Crippen LogP contribution in [0.15, 0.2) is 72.0 Å². The van der Waals surface area contributed by atoms with Crippen molar-refractivity contribution in [2.45, 2.75) is 20.8 Å². The minimum absolute atomic E-state index is 0.250. The highest BCUT2D eigenvalue weighted by Crippen LogP contribution is 2.36. The Kier molecular flexibility index (Phi) is 8.93. The van der Waals surface area contributed by atoms with Crippen molar-refractivity contribution in [3.05, 3.63) is 77.6 Å². The maximum atomic E-state index is 7.57. The molecule has 0 aliphatic rings. The molecular weight excluding hydrogens is 450 g/mol. The third-order valence-corrected chi connectivity index (χ3v) is 5.00. The second kappa shape index (κ2) is 12.1. The van der Waals surface area contributed by atoms with E-state index in [1.807, 2.05) is 55.5 Å². The number of aliphatic hydroxyl groups is 2. The second-order valence-corrected chi connectivity index (χ2v) is 7.64. The zero-order chi connectivity index (χ0) is 24.5. The Hall–Kier alpha value is -3.52. The number of nitrogens with one attached hydrogen (secondary N) is 2. The summed E-state index contributed by atoms with van der Waals surface area (Å²) in [5, 5.41) is 23.4. The standard InChI is InChI=1S/C22H16ClN5.2C2H6O/c1-13(17-7-4-5-11-24-17)27-28-22-20-15-6-2-3-8-18(15)25-21(20)16-12-14(23)9-10-19(16)26-22;2*1-2-3/h2-12,25H,1H3,(H,26,28);2*3H,2H2,1H3/b27-13+;;. The van der Waals surface area contributed by atoms with Gasteiger partial charge in [-0.2, -0.15) is 5.10 Å². The lowest BCUT2D eigenvalue weighted by Crippen LogP contribution is -2.03. The van der Waals surface area contributed by atoms with Crippen LogP contribution in [0, 0.1) is 0 Å². The van der Waals surface area contributed by atoms with Gasteiger partial charge in [0.05, 0.1) is 27.8 Å². The number of H-pyrrole nitrogens is 1. The summed E-state index contributed by atoms with van der Waals surface area (Å²) in [6.07, 6.45) is 1.75. The van der Waals surface area contributed by atoms with Gasteiger partial charge in [-0.05, 0) is 57.2 Å². The molecular formula is C26H28ClN5O2. The number of halogens is 1. The van der Waals surface area contributed by atoms with Crippen LogP contribution in [0.5, 0.6) is 0 Å². The average molecular weight is 478 g/mol. The highest BCUT2D eigenvalue weighted by Gasteiger charge is 2.14. The third kappa shape index (κ3) is 5.69. The molecule has 0 aliphatic heterocycles. The molecule has 0 amide bonds. The molecule has 0 saturated heterocycles. The van der Waals surface area contributed by atoms with E-state index >= 15 is 0 Å².